The number of carbonyl (C=O) groups is 1. The van der Waals surface area contributed by atoms with Crippen molar-refractivity contribution in [2.24, 2.45) is 5.73 Å². The van der Waals surface area contributed by atoms with Crippen molar-refractivity contribution < 1.29 is 9.53 Å². The van der Waals surface area contributed by atoms with E-state index in [-0.39, 0.29) is 24.4 Å². The van der Waals surface area contributed by atoms with E-state index in [4.69, 9.17) is 22.1 Å². The van der Waals surface area contributed by atoms with Crippen LogP contribution in [0.25, 0.3) is 0 Å². The average molecular weight is 408 g/mol. The van der Waals surface area contributed by atoms with E-state index < -0.39 is 6.04 Å². The van der Waals surface area contributed by atoms with Crippen molar-refractivity contribution in [3.8, 4) is 0 Å². The number of nitrogens with two attached hydrogens (primary N) is 1. The molecule has 5 nitrogen and oxygen atoms in total. The minimum absolute atomic E-state index is 0. The maximum absolute atomic E-state index is 12.2. The Morgan fingerprint density at radius 3 is 2.60 bits per heavy atom. The fraction of sp³-hybridized carbons (Fsp3) is 0.588. The van der Waals surface area contributed by atoms with E-state index in [0.29, 0.717) is 31.2 Å². The molecule has 0 spiro atoms. The highest BCUT2D eigenvalue weighted by atomic mass is 35.5. The minimum atomic E-state index is -0.451. The third kappa shape index (κ3) is 7.33. The van der Waals surface area contributed by atoms with Gasteiger partial charge in [-0.1, -0.05) is 23.7 Å². The molecule has 1 fully saturated rings. The molecule has 1 saturated heterocycles. The van der Waals surface area contributed by atoms with E-state index >= 15 is 0 Å². The maximum Gasteiger partial charge on any atom is 0.237 e. The lowest BCUT2D eigenvalue weighted by Crippen LogP contribution is -2.47. The summed E-state index contributed by atoms with van der Waals surface area (Å²) in [5.74, 6) is 0.801. The predicted molar refractivity (Wildman–Crippen MR) is 108 cm³/mol. The van der Waals surface area contributed by atoms with Crippen molar-refractivity contribution >= 4 is 41.7 Å². The number of hydrogen-bond donors (Lipinski definition) is 2. The predicted octanol–water partition coefficient (Wildman–Crippen LogP) is 2.33. The zero-order chi connectivity index (χ0) is 17.4. The van der Waals surface area contributed by atoms with Crippen LogP contribution in [0.15, 0.2) is 24.3 Å². The Bertz CT molecular complexity index is 513. The molecule has 1 amide bonds. The van der Waals surface area contributed by atoms with Gasteiger partial charge in [0, 0.05) is 24.7 Å². The standard InChI is InChI=1S/C17H26ClN3O2S.ClH/c1-24-11-6-15(19)17(22)20-12-16(21-7-9-23-10-8-21)13-2-4-14(18)5-3-13;/h2-5,15-16H,6-12,19H2,1H3,(H,20,22);1H/t15-,16?;/m0./s1. The molecule has 8 heteroatoms. The van der Waals surface area contributed by atoms with Gasteiger partial charge in [0.05, 0.1) is 25.3 Å². The molecule has 2 rings (SSSR count). The van der Waals surface area contributed by atoms with Crippen molar-refractivity contribution in [1.29, 1.82) is 0 Å². The number of rotatable bonds is 8. The van der Waals surface area contributed by atoms with E-state index in [2.05, 4.69) is 10.2 Å². The number of morpholine rings is 1. The van der Waals surface area contributed by atoms with E-state index in [9.17, 15) is 4.79 Å². The SMILES string of the molecule is CSCC[C@H](N)C(=O)NCC(c1ccc(Cl)cc1)N1CCOCC1.Cl. The molecular formula is C17H27Cl2N3O2S. The van der Waals surface area contributed by atoms with Crippen LogP contribution >= 0.6 is 35.8 Å². The van der Waals surface area contributed by atoms with E-state index in [1.807, 2.05) is 30.5 Å². The molecule has 1 aliphatic rings. The molecule has 142 valence electrons. The fourth-order valence-electron chi connectivity index (χ4n) is 2.74. The first-order chi connectivity index (χ1) is 11.6. The van der Waals surface area contributed by atoms with Gasteiger partial charge in [-0.15, -0.1) is 12.4 Å². The smallest absolute Gasteiger partial charge is 0.237 e. The summed E-state index contributed by atoms with van der Waals surface area (Å²) in [5.41, 5.74) is 7.09. The molecule has 3 N–H and O–H groups in total. The molecule has 1 heterocycles. The lowest BCUT2D eigenvalue weighted by atomic mass is 10.0. The molecule has 1 aromatic rings. The van der Waals surface area contributed by atoms with Gasteiger partial charge in [0.2, 0.25) is 5.91 Å². The van der Waals surface area contributed by atoms with Crippen LogP contribution < -0.4 is 11.1 Å². The Balaban J connectivity index is 0.00000312. The summed E-state index contributed by atoms with van der Waals surface area (Å²) < 4.78 is 5.44. The van der Waals surface area contributed by atoms with Gasteiger partial charge in [-0.05, 0) is 36.1 Å². The number of benzene rings is 1. The molecular weight excluding hydrogens is 381 g/mol. The van der Waals surface area contributed by atoms with Crippen LogP contribution in [0.1, 0.15) is 18.0 Å². The van der Waals surface area contributed by atoms with E-state index in [1.165, 1.54) is 0 Å². The number of nitrogens with one attached hydrogen (secondary N) is 1. The second kappa shape index (κ2) is 12.0. The summed E-state index contributed by atoms with van der Waals surface area (Å²) in [6.07, 6.45) is 2.70. The third-order valence-electron chi connectivity index (χ3n) is 4.18. The Hall–Kier alpha value is -0.500. The van der Waals surface area contributed by atoms with Gasteiger partial charge in [0.1, 0.15) is 0 Å². The van der Waals surface area contributed by atoms with Gasteiger partial charge < -0.3 is 15.8 Å². The summed E-state index contributed by atoms with van der Waals surface area (Å²) >= 11 is 7.70. The van der Waals surface area contributed by atoms with Crippen molar-refractivity contribution in [3.05, 3.63) is 34.9 Å². The summed E-state index contributed by atoms with van der Waals surface area (Å²) in [6.45, 7) is 3.66. The molecule has 0 saturated carbocycles. The van der Waals surface area contributed by atoms with Crippen molar-refractivity contribution in [3.63, 3.8) is 0 Å². The molecule has 1 aromatic carbocycles. The highest BCUT2D eigenvalue weighted by molar-refractivity contribution is 7.98. The zero-order valence-corrected chi connectivity index (χ0v) is 16.8. The van der Waals surface area contributed by atoms with Crippen molar-refractivity contribution in [2.45, 2.75) is 18.5 Å². The highest BCUT2D eigenvalue weighted by Crippen LogP contribution is 2.23. The molecule has 0 aliphatic carbocycles. The number of thioether (sulfide) groups is 1. The lowest BCUT2D eigenvalue weighted by Gasteiger charge is -2.35. The lowest BCUT2D eigenvalue weighted by molar-refractivity contribution is -0.122. The van der Waals surface area contributed by atoms with Crippen molar-refractivity contribution in [2.75, 3.05) is 44.9 Å². The van der Waals surface area contributed by atoms with Gasteiger partial charge in [0.15, 0.2) is 0 Å². The van der Waals surface area contributed by atoms with Gasteiger partial charge in [-0.25, -0.2) is 0 Å². The normalized spacial score (nSPS) is 17.4. The van der Waals surface area contributed by atoms with Crippen LogP contribution in [0.4, 0.5) is 0 Å². The number of halogens is 2. The van der Waals surface area contributed by atoms with Crippen LogP contribution in [-0.4, -0.2) is 61.7 Å². The van der Waals surface area contributed by atoms with Crippen LogP contribution in [0.5, 0.6) is 0 Å². The first-order valence-corrected chi connectivity index (χ1v) is 9.98. The zero-order valence-electron chi connectivity index (χ0n) is 14.4. The van der Waals surface area contributed by atoms with Crippen LogP contribution in [0.3, 0.4) is 0 Å². The highest BCUT2D eigenvalue weighted by Gasteiger charge is 2.24. The number of carbonyl (C=O) groups excluding carboxylic acids is 1. The maximum atomic E-state index is 12.2. The molecule has 2 atom stereocenters. The molecule has 0 aromatic heterocycles. The first kappa shape index (κ1) is 22.5. The average Bonchev–Trinajstić information content (AvgIpc) is 2.62. The number of nitrogens with zero attached hydrogens (tertiary/aromatic N) is 1. The second-order valence-electron chi connectivity index (χ2n) is 5.85. The molecule has 1 unspecified atom stereocenters. The van der Waals surface area contributed by atoms with Gasteiger partial charge in [-0.3, -0.25) is 9.69 Å². The van der Waals surface area contributed by atoms with Gasteiger partial charge in [-0.2, -0.15) is 11.8 Å². The molecule has 1 aliphatic heterocycles. The van der Waals surface area contributed by atoms with Crippen LogP contribution in [0.2, 0.25) is 5.02 Å². The number of ether oxygens (including phenoxy) is 1. The fourth-order valence-corrected chi connectivity index (χ4v) is 3.35. The molecule has 0 bridgehead atoms. The summed E-state index contributed by atoms with van der Waals surface area (Å²) in [7, 11) is 0. The third-order valence-corrected chi connectivity index (χ3v) is 5.08. The quantitative estimate of drug-likeness (QED) is 0.691. The van der Waals surface area contributed by atoms with Gasteiger partial charge in [0.25, 0.3) is 0 Å². The topological polar surface area (TPSA) is 67.6 Å². The molecule has 0 radical (unpaired) electrons. The van der Waals surface area contributed by atoms with Crippen LogP contribution in [0, 0.1) is 0 Å². The van der Waals surface area contributed by atoms with E-state index in [0.717, 1.165) is 24.4 Å². The Labute approximate surface area is 165 Å². The van der Waals surface area contributed by atoms with E-state index in [1.54, 1.807) is 11.8 Å². The Morgan fingerprint density at radius 1 is 1.36 bits per heavy atom. The summed E-state index contributed by atoms with van der Waals surface area (Å²) in [5, 5.41) is 3.72. The largest absolute Gasteiger partial charge is 0.379 e. The molecule has 25 heavy (non-hydrogen) atoms. The first-order valence-electron chi connectivity index (χ1n) is 8.21. The Morgan fingerprint density at radius 2 is 2.00 bits per heavy atom. The van der Waals surface area contributed by atoms with Crippen molar-refractivity contribution in [1.82, 2.24) is 10.2 Å². The van der Waals surface area contributed by atoms with Crippen LogP contribution in [-0.2, 0) is 9.53 Å². The number of hydrogen-bond acceptors (Lipinski definition) is 5. The summed E-state index contributed by atoms with van der Waals surface area (Å²) in [6, 6.07) is 7.45. The number of amides is 1. The Kier molecular flexibility index (Phi) is 10.8. The minimum Gasteiger partial charge on any atom is -0.379 e. The van der Waals surface area contributed by atoms with Gasteiger partial charge >= 0.3 is 0 Å². The summed E-state index contributed by atoms with van der Waals surface area (Å²) in [4.78, 5) is 14.5. The second-order valence-corrected chi connectivity index (χ2v) is 7.27. The monoisotopic (exact) mass is 407 g/mol.